The Kier molecular flexibility index (Phi) is 4.41. The summed E-state index contributed by atoms with van der Waals surface area (Å²) in [6.07, 6.45) is 5.53. The molecule has 4 heteroatoms. The number of benzene rings is 1. The quantitative estimate of drug-likeness (QED) is 0.871. The lowest BCUT2D eigenvalue weighted by Gasteiger charge is -2.15. The molecular weight excluding hydrogens is 306 g/mol. The Labute approximate surface area is 122 Å². The minimum atomic E-state index is 0.241. The molecule has 2 fully saturated rings. The number of nitrogens with one attached hydrogen (secondary N) is 1. The Balaban J connectivity index is 1.38. The Morgan fingerprint density at radius 1 is 1.21 bits per heavy atom. The molecule has 2 aliphatic rings. The number of ether oxygens (including phenoxy) is 2. The van der Waals surface area contributed by atoms with Gasteiger partial charge >= 0.3 is 0 Å². The predicted molar refractivity (Wildman–Crippen MR) is 78.6 cm³/mol. The smallest absolute Gasteiger partial charge is 0.120 e. The second kappa shape index (κ2) is 6.25. The fourth-order valence-corrected chi connectivity index (χ4v) is 2.76. The van der Waals surface area contributed by atoms with Crippen molar-refractivity contribution in [2.24, 2.45) is 0 Å². The molecule has 0 radical (unpaired) electrons. The highest BCUT2D eigenvalue weighted by Crippen LogP contribution is 2.24. The van der Waals surface area contributed by atoms with Crippen molar-refractivity contribution < 1.29 is 9.47 Å². The first-order chi connectivity index (χ1) is 9.29. The maximum atomic E-state index is 5.99. The van der Waals surface area contributed by atoms with E-state index in [2.05, 4.69) is 21.2 Å². The molecule has 0 bridgehead atoms. The molecule has 1 N–H and O–H groups in total. The maximum Gasteiger partial charge on any atom is 0.120 e. The van der Waals surface area contributed by atoms with Crippen LogP contribution in [0.1, 0.15) is 25.7 Å². The Morgan fingerprint density at radius 3 is 2.84 bits per heavy atom. The third-order valence-corrected chi connectivity index (χ3v) is 4.13. The molecule has 1 aliphatic carbocycles. The molecule has 1 aromatic carbocycles. The molecule has 0 amide bonds. The van der Waals surface area contributed by atoms with Crippen LogP contribution in [0.15, 0.2) is 28.7 Å². The van der Waals surface area contributed by atoms with Crippen molar-refractivity contribution >= 4 is 15.9 Å². The summed E-state index contributed by atoms with van der Waals surface area (Å²) in [5, 5.41) is 3.53. The summed E-state index contributed by atoms with van der Waals surface area (Å²) < 4.78 is 12.8. The molecule has 1 heterocycles. The average molecular weight is 326 g/mol. The van der Waals surface area contributed by atoms with Gasteiger partial charge in [0.05, 0.1) is 12.2 Å². The SMILES string of the molecule is Brc1cccc(OCC2CCC(CNC3CC3)O2)c1. The van der Waals surface area contributed by atoms with Crippen LogP contribution >= 0.6 is 15.9 Å². The fourth-order valence-electron chi connectivity index (χ4n) is 2.38. The van der Waals surface area contributed by atoms with E-state index in [0.29, 0.717) is 12.7 Å². The van der Waals surface area contributed by atoms with E-state index in [4.69, 9.17) is 9.47 Å². The zero-order valence-electron chi connectivity index (χ0n) is 11.0. The van der Waals surface area contributed by atoms with Crippen LogP contribution in [0.4, 0.5) is 0 Å². The van der Waals surface area contributed by atoms with Crippen LogP contribution in [0, 0.1) is 0 Å². The topological polar surface area (TPSA) is 30.5 Å². The van der Waals surface area contributed by atoms with Crippen LogP contribution < -0.4 is 10.1 Å². The first-order valence-corrected chi connectivity index (χ1v) is 7.86. The van der Waals surface area contributed by atoms with E-state index >= 15 is 0 Å². The lowest BCUT2D eigenvalue weighted by atomic mass is 10.2. The summed E-state index contributed by atoms with van der Waals surface area (Å²) in [7, 11) is 0. The van der Waals surface area contributed by atoms with Crippen LogP contribution in [-0.4, -0.2) is 31.4 Å². The van der Waals surface area contributed by atoms with Crippen molar-refractivity contribution in [2.75, 3.05) is 13.2 Å². The van der Waals surface area contributed by atoms with Gasteiger partial charge in [-0.3, -0.25) is 0 Å². The molecule has 1 saturated carbocycles. The molecule has 1 aromatic rings. The molecule has 0 spiro atoms. The summed E-state index contributed by atoms with van der Waals surface area (Å²) in [6, 6.07) is 8.71. The second-order valence-electron chi connectivity index (χ2n) is 5.41. The minimum absolute atomic E-state index is 0.241. The van der Waals surface area contributed by atoms with Gasteiger partial charge in [0, 0.05) is 17.1 Å². The average Bonchev–Trinajstić information content (AvgIpc) is 3.13. The Hall–Kier alpha value is -0.580. The summed E-state index contributed by atoms with van der Waals surface area (Å²) in [6.45, 7) is 1.65. The van der Waals surface area contributed by atoms with Crippen LogP contribution in [0.5, 0.6) is 5.75 Å². The van der Waals surface area contributed by atoms with Gasteiger partial charge in [0.15, 0.2) is 0 Å². The first kappa shape index (κ1) is 13.4. The predicted octanol–water partition coefficient (Wildman–Crippen LogP) is 3.13. The zero-order valence-corrected chi connectivity index (χ0v) is 12.6. The van der Waals surface area contributed by atoms with Crippen LogP contribution in [0.3, 0.4) is 0 Å². The van der Waals surface area contributed by atoms with Crippen molar-refractivity contribution in [1.29, 1.82) is 0 Å². The summed E-state index contributed by atoms with van der Waals surface area (Å²) >= 11 is 3.45. The number of rotatable bonds is 6. The third-order valence-electron chi connectivity index (χ3n) is 3.64. The minimum Gasteiger partial charge on any atom is -0.491 e. The van der Waals surface area contributed by atoms with Gasteiger partial charge in [0.2, 0.25) is 0 Å². The molecule has 3 nitrogen and oxygen atoms in total. The number of hydrogen-bond acceptors (Lipinski definition) is 3. The number of halogens is 1. The highest BCUT2D eigenvalue weighted by Gasteiger charge is 2.28. The van der Waals surface area contributed by atoms with Crippen molar-refractivity contribution in [3.05, 3.63) is 28.7 Å². The molecule has 0 aromatic heterocycles. The Bertz CT molecular complexity index is 422. The van der Waals surface area contributed by atoms with Crippen molar-refractivity contribution in [3.63, 3.8) is 0 Å². The largest absolute Gasteiger partial charge is 0.491 e. The Morgan fingerprint density at radius 2 is 2.05 bits per heavy atom. The van der Waals surface area contributed by atoms with Crippen LogP contribution in [0.25, 0.3) is 0 Å². The van der Waals surface area contributed by atoms with Gasteiger partial charge in [0.1, 0.15) is 12.4 Å². The zero-order chi connectivity index (χ0) is 13.1. The summed E-state index contributed by atoms with van der Waals surface area (Å²) in [5.41, 5.74) is 0. The highest BCUT2D eigenvalue weighted by atomic mass is 79.9. The number of hydrogen-bond donors (Lipinski definition) is 1. The van der Waals surface area contributed by atoms with Crippen molar-refractivity contribution in [2.45, 2.75) is 43.9 Å². The van der Waals surface area contributed by atoms with E-state index in [1.165, 1.54) is 12.8 Å². The normalized spacial score (nSPS) is 26.6. The molecule has 1 saturated heterocycles. The lowest BCUT2D eigenvalue weighted by molar-refractivity contribution is 0.0184. The van der Waals surface area contributed by atoms with Gasteiger partial charge in [-0.15, -0.1) is 0 Å². The maximum absolute atomic E-state index is 5.99. The van der Waals surface area contributed by atoms with Gasteiger partial charge in [0.25, 0.3) is 0 Å². The van der Waals surface area contributed by atoms with Gasteiger partial charge in [-0.1, -0.05) is 22.0 Å². The summed E-state index contributed by atoms with van der Waals surface area (Å²) in [5.74, 6) is 0.900. The molecule has 1 aliphatic heterocycles. The van der Waals surface area contributed by atoms with Gasteiger partial charge in [-0.25, -0.2) is 0 Å². The van der Waals surface area contributed by atoms with Crippen molar-refractivity contribution in [1.82, 2.24) is 5.32 Å². The second-order valence-corrected chi connectivity index (χ2v) is 6.32. The van der Waals surface area contributed by atoms with E-state index in [0.717, 1.165) is 35.7 Å². The van der Waals surface area contributed by atoms with Crippen LogP contribution in [0.2, 0.25) is 0 Å². The third kappa shape index (κ3) is 4.20. The van der Waals surface area contributed by atoms with E-state index in [-0.39, 0.29) is 6.10 Å². The highest BCUT2D eigenvalue weighted by molar-refractivity contribution is 9.10. The molecule has 19 heavy (non-hydrogen) atoms. The molecule has 2 atom stereocenters. The van der Waals surface area contributed by atoms with E-state index < -0.39 is 0 Å². The molecule has 3 rings (SSSR count). The van der Waals surface area contributed by atoms with Crippen molar-refractivity contribution in [3.8, 4) is 5.75 Å². The monoisotopic (exact) mass is 325 g/mol. The van der Waals surface area contributed by atoms with E-state index in [1.807, 2.05) is 24.3 Å². The molecule has 2 unspecified atom stereocenters. The lowest BCUT2D eigenvalue weighted by Crippen LogP contribution is -2.29. The van der Waals surface area contributed by atoms with E-state index in [9.17, 15) is 0 Å². The molecule has 104 valence electrons. The summed E-state index contributed by atoms with van der Waals surface area (Å²) in [4.78, 5) is 0. The van der Waals surface area contributed by atoms with Gasteiger partial charge in [-0.2, -0.15) is 0 Å². The first-order valence-electron chi connectivity index (χ1n) is 7.07. The molecular formula is C15H20BrNO2. The fraction of sp³-hybridized carbons (Fsp3) is 0.600. The standard InChI is InChI=1S/C15H20BrNO2/c16-11-2-1-3-13(8-11)18-10-15-7-6-14(19-15)9-17-12-4-5-12/h1-3,8,12,14-15,17H,4-7,9-10H2. The van der Waals surface area contributed by atoms with Crippen LogP contribution in [-0.2, 0) is 4.74 Å². The van der Waals surface area contributed by atoms with Gasteiger partial charge < -0.3 is 14.8 Å². The van der Waals surface area contributed by atoms with Gasteiger partial charge in [-0.05, 0) is 43.9 Å². The van der Waals surface area contributed by atoms with E-state index in [1.54, 1.807) is 0 Å².